The van der Waals surface area contributed by atoms with Crippen LogP contribution in [-0.2, 0) is 19.1 Å². The van der Waals surface area contributed by atoms with Gasteiger partial charge in [-0.3, -0.25) is 0 Å². The quantitative estimate of drug-likeness (QED) is 0.118. The number of hydrogen-bond acceptors (Lipinski definition) is 11. The topological polar surface area (TPSA) is 168 Å². The Morgan fingerprint density at radius 2 is 0.375 bits per heavy atom. The Kier molecular flexibility index (Phi) is 38.3. The van der Waals surface area contributed by atoms with Crippen LogP contribution in [0.25, 0.3) is 0 Å². The molecule has 5 saturated carbocycles. The Bertz CT molecular complexity index is 649. The first kappa shape index (κ1) is 60.9. The fourth-order valence-electron chi connectivity index (χ4n) is 6.43. The average molecular weight is 947 g/mol. The first-order valence-electron chi connectivity index (χ1n) is 22.2. The predicted octanol–water partition coefficient (Wildman–Crippen LogP) is 7.81. The van der Waals surface area contributed by atoms with E-state index in [2.05, 4.69) is 0 Å². The summed E-state index contributed by atoms with van der Waals surface area (Å²) in [5.41, 5.74) is 0. The van der Waals surface area contributed by atoms with Crippen molar-refractivity contribution in [2.24, 2.45) is 0 Å². The molecular weight excluding hydrogens is 850 g/mol. The fourth-order valence-corrected chi connectivity index (χ4v) is 14.8. The zero-order valence-corrected chi connectivity index (χ0v) is 42.1. The molecule has 0 atom stereocenters. The summed E-state index contributed by atoms with van der Waals surface area (Å²) in [6.45, 7) is 20.7. The van der Waals surface area contributed by atoms with E-state index in [0.717, 1.165) is 64.2 Å². The molecule has 0 aromatic heterocycles. The Morgan fingerprint density at radius 1 is 0.286 bits per heavy atom. The molecule has 5 rings (SSSR count). The fraction of sp³-hybridized carbons (Fsp3) is 1.00. The molecule has 13 heteroatoms. The molecule has 6 N–H and O–H groups in total. The van der Waals surface area contributed by atoms with Crippen LogP contribution >= 0.6 is 0 Å². The second kappa shape index (κ2) is 35.2. The van der Waals surface area contributed by atoms with E-state index >= 15 is 0 Å². The molecule has 5 fully saturated rings. The van der Waals surface area contributed by atoms with Crippen LogP contribution in [0.4, 0.5) is 0 Å². The van der Waals surface area contributed by atoms with Crippen LogP contribution < -0.4 is 0 Å². The molecule has 0 spiro atoms. The summed E-state index contributed by atoms with van der Waals surface area (Å²) >= 11 is -4.93. The third-order valence-corrected chi connectivity index (χ3v) is 14.9. The van der Waals surface area contributed by atoms with E-state index in [0.29, 0.717) is 0 Å². The van der Waals surface area contributed by atoms with Crippen LogP contribution in [0.15, 0.2) is 0 Å². The summed E-state index contributed by atoms with van der Waals surface area (Å²) in [5.74, 6) is 0. The summed E-state index contributed by atoms with van der Waals surface area (Å²) in [7, 11) is 0. The van der Waals surface area contributed by atoms with Gasteiger partial charge in [0.2, 0.25) is 0 Å². The van der Waals surface area contributed by atoms with Crippen molar-refractivity contribution in [3.63, 3.8) is 0 Å². The minimum absolute atomic E-state index is 0. The zero-order chi connectivity index (χ0) is 42.5. The monoisotopic (exact) mass is 949 g/mol. The predicted molar refractivity (Wildman–Crippen MR) is 237 cm³/mol. The molecule has 0 aliphatic heterocycles. The molecule has 0 radical (unpaired) electrons. The standard InChI is InChI=1S/C25H46O5Se.6C3H8O.H2Se/c1-2-12-21(11-1)26-31(27-22-13-3-4-14-22,28-23-15-5-6-16-23,29-24-17-7-8-18-24)30-25-19-9-10-20-25;6*1-3(2)4;/h21-25,31H,1-20H2;6*3-4H,1-2H3;1H2. The normalized spacial score (nSPS) is 20.1. The molecular formula is C43H96O11Se2. The van der Waals surface area contributed by atoms with Crippen LogP contribution in [0.1, 0.15) is 212 Å². The van der Waals surface area contributed by atoms with Crippen molar-refractivity contribution in [3.8, 4) is 0 Å². The molecule has 56 heavy (non-hydrogen) atoms. The van der Waals surface area contributed by atoms with Gasteiger partial charge in [0.05, 0.1) is 0 Å². The van der Waals surface area contributed by atoms with E-state index in [1.54, 1.807) is 83.1 Å². The molecule has 0 aromatic rings. The summed E-state index contributed by atoms with van der Waals surface area (Å²) < 4.78 is 35.6. The van der Waals surface area contributed by atoms with Crippen LogP contribution in [0.2, 0.25) is 0 Å². The summed E-state index contributed by atoms with van der Waals surface area (Å²) in [6.07, 6.45) is 22.9. The molecule has 0 heterocycles. The third kappa shape index (κ3) is 36.5. The van der Waals surface area contributed by atoms with Crippen LogP contribution in [0, 0.1) is 0 Å². The van der Waals surface area contributed by atoms with Crippen molar-refractivity contribution < 1.29 is 49.7 Å². The minimum atomic E-state index is -4.93. The van der Waals surface area contributed by atoms with Gasteiger partial charge < -0.3 is 30.6 Å². The van der Waals surface area contributed by atoms with Crippen molar-refractivity contribution in [1.29, 1.82) is 0 Å². The van der Waals surface area contributed by atoms with Gasteiger partial charge in [0.15, 0.2) is 0 Å². The molecule has 0 amide bonds. The Balaban J connectivity index is -0.000000925. The maximum absolute atomic E-state index is 8.06. The van der Waals surface area contributed by atoms with Crippen molar-refractivity contribution in [1.82, 2.24) is 0 Å². The van der Waals surface area contributed by atoms with Crippen molar-refractivity contribution in [2.75, 3.05) is 0 Å². The van der Waals surface area contributed by atoms with Crippen LogP contribution in [-0.4, -0.2) is 128 Å². The van der Waals surface area contributed by atoms with Gasteiger partial charge >= 0.3 is 209 Å². The van der Waals surface area contributed by atoms with Crippen molar-refractivity contribution in [2.45, 2.75) is 279 Å². The van der Waals surface area contributed by atoms with E-state index in [-0.39, 0.29) is 84.2 Å². The van der Waals surface area contributed by atoms with Gasteiger partial charge in [-0.1, -0.05) is 0 Å². The number of aliphatic hydroxyl groups is 6. The molecule has 5 aliphatic carbocycles. The van der Waals surface area contributed by atoms with E-state index in [9.17, 15) is 0 Å². The number of hydrogen-bond donors (Lipinski definition) is 6. The summed E-state index contributed by atoms with van der Waals surface area (Å²) in [4.78, 5) is 0. The van der Waals surface area contributed by atoms with Gasteiger partial charge in [-0.05, 0) is 83.1 Å². The zero-order valence-electron chi connectivity index (χ0n) is 38.2. The van der Waals surface area contributed by atoms with Gasteiger partial charge in [-0.25, -0.2) is 0 Å². The van der Waals surface area contributed by atoms with E-state index in [1.165, 1.54) is 64.2 Å². The Labute approximate surface area is 357 Å². The third-order valence-electron chi connectivity index (χ3n) is 8.12. The van der Waals surface area contributed by atoms with Crippen LogP contribution in [0.3, 0.4) is 0 Å². The molecule has 0 saturated heterocycles. The SMILES string of the molecule is C1CCC(O[SeH](OC2CCCC2)(OC2CCCC2)(OC2CCCC2)OC2CCCC2)C1.CC(C)O.CC(C)O.CC(C)O.CC(C)O.CC(C)O.CC(C)O.[SeH2]. The molecule has 0 aromatic carbocycles. The van der Waals surface area contributed by atoms with E-state index in [1.807, 2.05) is 0 Å². The molecule has 11 nitrogen and oxygen atoms in total. The van der Waals surface area contributed by atoms with Gasteiger partial charge in [0.25, 0.3) is 0 Å². The molecule has 5 aliphatic rings. The average Bonchev–Trinajstić information content (AvgIpc) is 3.84. The van der Waals surface area contributed by atoms with Gasteiger partial charge in [0, 0.05) is 36.6 Å². The van der Waals surface area contributed by atoms with Crippen molar-refractivity contribution in [3.05, 3.63) is 0 Å². The number of rotatable bonds is 10. The van der Waals surface area contributed by atoms with Gasteiger partial charge in [0.1, 0.15) is 0 Å². The van der Waals surface area contributed by atoms with E-state index < -0.39 is 13.4 Å². The van der Waals surface area contributed by atoms with Crippen molar-refractivity contribution >= 4 is 30.5 Å². The summed E-state index contributed by atoms with van der Waals surface area (Å²) in [6, 6.07) is 0. The summed E-state index contributed by atoms with van der Waals surface area (Å²) in [5, 5.41) is 48.3. The first-order chi connectivity index (χ1) is 25.6. The molecule has 0 bridgehead atoms. The molecule has 0 unspecified atom stereocenters. The van der Waals surface area contributed by atoms with Gasteiger partial charge in [-0.15, -0.1) is 0 Å². The van der Waals surface area contributed by atoms with Gasteiger partial charge in [-0.2, -0.15) is 0 Å². The maximum atomic E-state index is 8.06. The Morgan fingerprint density at radius 3 is 0.464 bits per heavy atom. The molecule has 346 valence electrons. The number of aliphatic hydroxyl groups excluding tert-OH is 6. The first-order valence-corrected chi connectivity index (χ1v) is 26.0. The second-order valence-corrected chi connectivity index (χ2v) is 22.7. The van der Waals surface area contributed by atoms with E-state index in [4.69, 9.17) is 49.7 Å². The second-order valence-electron chi connectivity index (χ2n) is 17.4. The van der Waals surface area contributed by atoms with Crippen LogP contribution in [0.5, 0.6) is 0 Å². The Hall–Kier alpha value is 0.599.